The van der Waals surface area contributed by atoms with Crippen LogP contribution in [-0.4, -0.2) is 31.3 Å². The third-order valence-electron chi connectivity index (χ3n) is 2.17. The van der Waals surface area contributed by atoms with Crippen LogP contribution in [-0.2, 0) is 7.05 Å². The molecule has 1 N–H and O–H groups in total. The summed E-state index contributed by atoms with van der Waals surface area (Å²) in [6.45, 7) is 0. The van der Waals surface area contributed by atoms with Gasteiger partial charge in [-0.25, -0.2) is 9.48 Å². The Morgan fingerprint density at radius 1 is 1.41 bits per heavy atom. The Labute approximate surface area is 106 Å². The molecular weight excluding hydrogens is 267 g/mol. The summed E-state index contributed by atoms with van der Waals surface area (Å²) in [6, 6.07) is 2.78. The number of carbonyl (C=O) groups is 1. The Bertz CT molecular complexity index is 597. The van der Waals surface area contributed by atoms with Gasteiger partial charge in [0.05, 0.1) is 21.2 Å². The fourth-order valence-corrected chi connectivity index (χ4v) is 1.98. The fourth-order valence-electron chi connectivity index (χ4n) is 1.36. The van der Waals surface area contributed by atoms with Crippen LogP contribution in [0, 0.1) is 0 Å². The Balaban J connectivity index is 2.73. The Morgan fingerprint density at radius 2 is 2.12 bits per heavy atom. The van der Waals surface area contributed by atoms with Crippen LogP contribution < -0.4 is 0 Å². The smallest absolute Gasteiger partial charge is 0.337 e. The molecule has 17 heavy (non-hydrogen) atoms. The van der Waals surface area contributed by atoms with Gasteiger partial charge in [0.15, 0.2) is 5.82 Å². The largest absolute Gasteiger partial charge is 0.478 e. The number of hydrogen-bond acceptors (Lipinski definition) is 4. The van der Waals surface area contributed by atoms with Crippen LogP contribution >= 0.6 is 23.2 Å². The van der Waals surface area contributed by atoms with Gasteiger partial charge in [-0.1, -0.05) is 23.2 Å². The van der Waals surface area contributed by atoms with E-state index in [0.29, 0.717) is 11.4 Å². The maximum Gasteiger partial charge on any atom is 0.337 e. The Morgan fingerprint density at radius 3 is 2.65 bits per heavy atom. The third-order valence-corrected chi connectivity index (χ3v) is 2.87. The van der Waals surface area contributed by atoms with E-state index in [-0.39, 0.29) is 15.6 Å². The molecule has 0 saturated heterocycles. The van der Waals surface area contributed by atoms with E-state index in [9.17, 15) is 4.79 Å². The van der Waals surface area contributed by atoms with E-state index in [4.69, 9.17) is 28.3 Å². The molecule has 0 unspecified atom stereocenters. The summed E-state index contributed by atoms with van der Waals surface area (Å²) in [5.74, 6) is -0.828. The number of aryl methyl sites for hydroxylation is 1. The van der Waals surface area contributed by atoms with Crippen LogP contribution in [0.1, 0.15) is 10.4 Å². The highest BCUT2D eigenvalue weighted by atomic mass is 35.5. The van der Waals surface area contributed by atoms with Gasteiger partial charge in [0, 0.05) is 7.05 Å². The minimum Gasteiger partial charge on any atom is -0.478 e. The first-order valence-electron chi connectivity index (χ1n) is 4.46. The molecule has 1 aromatic heterocycles. The standard InChI is InChI=1S/C9H6Cl2N4O2/c1-15-8(12-13-14-15)6-5(10)3-2-4(7(6)11)9(16)17/h2-3H,1H3,(H,16,17). The predicted octanol–water partition coefficient (Wildman–Crippen LogP) is 1.88. The lowest BCUT2D eigenvalue weighted by molar-refractivity contribution is 0.0697. The SMILES string of the molecule is Cn1nnnc1-c1c(Cl)ccc(C(=O)O)c1Cl. The zero-order valence-corrected chi connectivity index (χ0v) is 10.1. The quantitative estimate of drug-likeness (QED) is 0.903. The summed E-state index contributed by atoms with van der Waals surface area (Å²) in [5, 5.41) is 20.1. The van der Waals surface area contributed by atoms with Crippen molar-refractivity contribution in [3.63, 3.8) is 0 Å². The van der Waals surface area contributed by atoms with Crippen molar-refractivity contribution in [3.05, 3.63) is 27.7 Å². The number of hydrogen-bond donors (Lipinski definition) is 1. The first-order valence-corrected chi connectivity index (χ1v) is 5.22. The normalized spacial score (nSPS) is 10.5. The monoisotopic (exact) mass is 272 g/mol. The Kier molecular flexibility index (Phi) is 2.99. The minimum atomic E-state index is -1.14. The van der Waals surface area contributed by atoms with E-state index >= 15 is 0 Å². The van der Waals surface area contributed by atoms with Crippen molar-refractivity contribution in [2.45, 2.75) is 0 Å². The topological polar surface area (TPSA) is 80.9 Å². The predicted molar refractivity (Wildman–Crippen MR) is 61.2 cm³/mol. The molecule has 0 aliphatic rings. The number of aromatic carboxylic acids is 1. The van der Waals surface area contributed by atoms with Crippen LogP contribution in [0.2, 0.25) is 10.0 Å². The second kappa shape index (κ2) is 4.31. The van der Waals surface area contributed by atoms with Gasteiger partial charge < -0.3 is 5.11 Å². The molecule has 8 heteroatoms. The van der Waals surface area contributed by atoms with Crippen molar-refractivity contribution in [2.75, 3.05) is 0 Å². The lowest BCUT2D eigenvalue weighted by Crippen LogP contribution is -2.01. The number of rotatable bonds is 2. The average molecular weight is 273 g/mol. The summed E-state index contributed by atoms with van der Waals surface area (Å²) < 4.78 is 1.36. The maximum atomic E-state index is 11.0. The Hall–Kier alpha value is -1.66. The van der Waals surface area contributed by atoms with E-state index in [1.165, 1.54) is 16.8 Å². The van der Waals surface area contributed by atoms with Crippen molar-refractivity contribution in [2.24, 2.45) is 7.05 Å². The number of carboxylic acid groups (broad SMARTS) is 1. The lowest BCUT2D eigenvalue weighted by Gasteiger charge is -2.07. The molecule has 6 nitrogen and oxygen atoms in total. The van der Waals surface area contributed by atoms with E-state index < -0.39 is 5.97 Å². The second-order valence-electron chi connectivity index (χ2n) is 3.22. The van der Waals surface area contributed by atoms with Crippen molar-refractivity contribution in [1.82, 2.24) is 20.2 Å². The van der Waals surface area contributed by atoms with E-state index in [2.05, 4.69) is 15.5 Å². The third kappa shape index (κ3) is 1.96. The molecule has 0 aliphatic carbocycles. The molecule has 2 aromatic rings. The molecule has 0 amide bonds. The first-order chi connectivity index (χ1) is 8.02. The number of tetrazole rings is 1. The molecule has 0 fully saturated rings. The molecule has 0 atom stereocenters. The zero-order chi connectivity index (χ0) is 12.6. The van der Waals surface area contributed by atoms with Gasteiger partial charge in [-0.15, -0.1) is 5.10 Å². The molecule has 2 rings (SSSR count). The van der Waals surface area contributed by atoms with Crippen LogP contribution in [0.5, 0.6) is 0 Å². The van der Waals surface area contributed by atoms with Gasteiger partial charge in [-0.3, -0.25) is 0 Å². The van der Waals surface area contributed by atoms with Crippen LogP contribution in [0.15, 0.2) is 12.1 Å². The molecule has 0 bridgehead atoms. The minimum absolute atomic E-state index is 0.0166. The number of benzene rings is 1. The molecule has 0 aliphatic heterocycles. The van der Waals surface area contributed by atoms with Gasteiger partial charge in [0.25, 0.3) is 0 Å². The molecule has 0 radical (unpaired) electrons. The summed E-state index contributed by atoms with van der Waals surface area (Å²) >= 11 is 12.0. The van der Waals surface area contributed by atoms with E-state index in [1.54, 1.807) is 7.05 Å². The van der Waals surface area contributed by atoms with Crippen molar-refractivity contribution in [1.29, 1.82) is 0 Å². The van der Waals surface area contributed by atoms with Gasteiger partial charge in [0.2, 0.25) is 0 Å². The van der Waals surface area contributed by atoms with E-state index in [0.717, 1.165) is 0 Å². The number of aromatic nitrogens is 4. The second-order valence-corrected chi connectivity index (χ2v) is 4.00. The van der Waals surface area contributed by atoms with Crippen LogP contribution in [0.3, 0.4) is 0 Å². The summed E-state index contributed by atoms with van der Waals surface area (Å²) in [7, 11) is 1.61. The van der Waals surface area contributed by atoms with Crippen molar-refractivity contribution in [3.8, 4) is 11.4 Å². The molecule has 1 aromatic carbocycles. The summed E-state index contributed by atoms with van der Waals surface area (Å²) in [6.07, 6.45) is 0. The fraction of sp³-hybridized carbons (Fsp3) is 0.111. The van der Waals surface area contributed by atoms with Crippen molar-refractivity contribution < 1.29 is 9.90 Å². The van der Waals surface area contributed by atoms with Gasteiger partial charge in [-0.05, 0) is 22.6 Å². The summed E-state index contributed by atoms with van der Waals surface area (Å²) in [4.78, 5) is 11.0. The average Bonchev–Trinajstić information content (AvgIpc) is 2.64. The maximum absolute atomic E-state index is 11.0. The molecule has 88 valence electrons. The number of nitrogens with zero attached hydrogens (tertiary/aromatic N) is 4. The molecular formula is C9H6Cl2N4O2. The molecule has 0 spiro atoms. The van der Waals surface area contributed by atoms with Gasteiger partial charge in [0.1, 0.15) is 0 Å². The van der Waals surface area contributed by atoms with Crippen LogP contribution in [0.4, 0.5) is 0 Å². The summed E-state index contributed by atoms with van der Waals surface area (Å²) in [5.41, 5.74) is 0.259. The van der Waals surface area contributed by atoms with E-state index in [1.807, 2.05) is 0 Å². The van der Waals surface area contributed by atoms with Gasteiger partial charge in [-0.2, -0.15) is 0 Å². The first kappa shape index (κ1) is 11.8. The highest BCUT2D eigenvalue weighted by Crippen LogP contribution is 2.35. The van der Waals surface area contributed by atoms with Crippen LogP contribution in [0.25, 0.3) is 11.4 Å². The molecule has 1 heterocycles. The van der Waals surface area contributed by atoms with Crippen molar-refractivity contribution >= 4 is 29.2 Å². The molecule has 0 saturated carbocycles. The zero-order valence-electron chi connectivity index (χ0n) is 8.55. The van der Waals surface area contributed by atoms with Gasteiger partial charge >= 0.3 is 5.97 Å². The number of halogens is 2. The lowest BCUT2D eigenvalue weighted by atomic mass is 10.1. The highest BCUT2D eigenvalue weighted by Gasteiger charge is 2.20. The highest BCUT2D eigenvalue weighted by molar-refractivity contribution is 6.40. The number of carboxylic acids is 1.